The van der Waals surface area contributed by atoms with Crippen LogP contribution in [0.4, 0.5) is 4.79 Å². The fourth-order valence-electron chi connectivity index (χ4n) is 1.95. The second-order valence-electron chi connectivity index (χ2n) is 4.41. The molecule has 7 heteroatoms. The molecule has 1 N–H and O–H groups in total. The molecule has 0 radical (unpaired) electrons. The minimum absolute atomic E-state index is 0.240. The summed E-state index contributed by atoms with van der Waals surface area (Å²) in [6.45, 7) is 3.22. The molecule has 0 bridgehead atoms. The van der Waals surface area contributed by atoms with E-state index in [1.54, 1.807) is 13.8 Å². The molecule has 2 atom stereocenters. The van der Waals surface area contributed by atoms with Crippen LogP contribution in [-0.2, 0) is 19.1 Å². The van der Waals surface area contributed by atoms with E-state index in [0.717, 1.165) is 11.2 Å². The largest absolute Gasteiger partial charge is 0.465 e. The van der Waals surface area contributed by atoms with Gasteiger partial charge in [-0.3, -0.25) is 4.79 Å². The second-order valence-corrected chi connectivity index (χ2v) is 4.41. The molecule has 2 aliphatic heterocycles. The molecular weight excluding hydrogens is 254 g/mol. The molecule has 2 amide bonds. The van der Waals surface area contributed by atoms with Crippen LogP contribution in [-0.4, -0.2) is 40.3 Å². The molecule has 0 aromatic carbocycles. The summed E-state index contributed by atoms with van der Waals surface area (Å²) in [6, 6.07) is -0.428. The quantitative estimate of drug-likeness (QED) is 0.456. The van der Waals surface area contributed by atoms with Crippen molar-refractivity contribution in [1.82, 2.24) is 4.90 Å². The maximum absolute atomic E-state index is 11.8. The molecule has 2 heterocycles. The van der Waals surface area contributed by atoms with E-state index in [2.05, 4.69) is 0 Å². The van der Waals surface area contributed by atoms with Crippen LogP contribution < -0.4 is 0 Å². The Bertz CT molecular complexity index is 506. The molecule has 0 aromatic rings. The maximum atomic E-state index is 11.8. The molecule has 1 saturated heterocycles. The van der Waals surface area contributed by atoms with Gasteiger partial charge in [-0.2, -0.15) is 0 Å². The van der Waals surface area contributed by atoms with Crippen molar-refractivity contribution < 1.29 is 29.0 Å². The van der Waals surface area contributed by atoms with Gasteiger partial charge in [-0.25, -0.2) is 14.5 Å². The van der Waals surface area contributed by atoms with Gasteiger partial charge in [0, 0.05) is 24.1 Å². The van der Waals surface area contributed by atoms with Crippen LogP contribution in [0.25, 0.3) is 0 Å². The Hall–Kier alpha value is -2.31. The highest BCUT2D eigenvalue weighted by Crippen LogP contribution is 2.25. The first-order chi connectivity index (χ1) is 8.90. The SMILES string of the molecule is CC1=CC(OC=C2CC(C)N(C(=O)O)C2=O)OC1=O. The minimum atomic E-state index is -1.29. The van der Waals surface area contributed by atoms with Gasteiger partial charge in [0.25, 0.3) is 12.2 Å². The van der Waals surface area contributed by atoms with Gasteiger partial charge in [-0.15, -0.1) is 0 Å². The molecule has 2 aliphatic rings. The maximum Gasteiger partial charge on any atom is 0.414 e. The highest BCUT2D eigenvalue weighted by Gasteiger charge is 2.37. The lowest BCUT2D eigenvalue weighted by atomic mass is 10.2. The third-order valence-corrected chi connectivity index (χ3v) is 2.93. The predicted molar refractivity (Wildman–Crippen MR) is 61.8 cm³/mol. The van der Waals surface area contributed by atoms with Gasteiger partial charge in [0.1, 0.15) is 0 Å². The standard InChI is InChI=1S/C12H13NO6/c1-6-3-9(19-11(6)15)18-5-8-4-7(2)13(10(8)14)12(16)17/h3,5,7,9H,4H2,1-2H3,(H,16,17). The van der Waals surface area contributed by atoms with Crippen LogP contribution in [0.2, 0.25) is 0 Å². The second kappa shape index (κ2) is 4.75. The molecule has 2 rings (SSSR count). The first-order valence-corrected chi connectivity index (χ1v) is 5.70. The number of carbonyl (C=O) groups is 3. The van der Waals surface area contributed by atoms with Crippen molar-refractivity contribution in [2.75, 3.05) is 0 Å². The highest BCUT2D eigenvalue weighted by molar-refractivity contribution is 6.04. The van der Waals surface area contributed by atoms with Crippen molar-refractivity contribution in [3.63, 3.8) is 0 Å². The molecule has 0 spiro atoms. The molecule has 2 unspecified atom stereocenters. The zero-order chi connectivity index (χ0) is 14.2. The van der Waals surface area contributed by atoms with E-state index in [4.69, 9.17) is 14.6 Å². The first-order valence-electron chi connectivity index (χ1n) is 5.70. The minimum Gasteiger partial charge on any atom is -0.465 e. The number of esters is 1. The van der Waals surface area contributed by atoms with E-state index in [1.165, 1.54) is 6.08 Å². The van der Waals surface area contributed by atoms with Gasteiger partial charge < -0.3 is 14.6 Å². The van der Waals surface area contributed by atoms with Gasteiger partial charge in [0.2, 0.25) is 0 Å². The average molecular weight is 267 g/mol. The summed E-state index contributed by atoms with van der Waals surface area (Å²) in [5.74, 6) is -1.08. The lowest BCUT2D eigenvalue weighted by Crippen LogP contribution is -2.35. The average Bonchev–Trinajstić information content (AvgIpc) is 2.77. The van der Waals surface area contributed by atoms with Crippen molar-refractivity contribution >= 4 is 18.0 Å². The summed E-state index contributed by atoms with van der Waals surface area (Å²) in [7, 11) is 0. The number of hydrogen-bond acceptors (Lipinski definition) is 5. The lowest BCUT2D eigenvalue weighted by molar-refractivity contribution is -0.152. The normalized spacial score (nSPS) is 28.6. The number of hydrogen-bond donors (Lipinski definition) is 1. The third-order valence-electron chi connectivity index (χ3n) is 2.93. The van der Waals surface area contributed by atoms with Crippen molar-refractivity contribution in [1.29, 1.82) is 0 Å². The Kier molecular flexibility index (Phi) is 3.28. The van der Waals surface area contributed by atoms with E-state index in [1.807, 2.05) is 0 Å². The highest BCUT2D eigenvalue weighted by atomic mass is 16.7. The zero-order valence-corrected chi connectivity index (χ0v) is 10.5. The van der Waals surface area contributed by atoms with Crippen molar-refractivity contribution in [3.8, 4) is 0 Å². The van der Waals surface area contributed by atoms with Crippen molar-refractivity contribution in [2.45, 2.75) is 32.6 Å². The van der Waals surface area contributed by atoms with Gasteiger partial charge >= 0.3 is 12.1 Å². The monoisotopic (exact) mass is 267 g/mol. The number of carboxylic acid groups (broad SMARTS) is 1. The number of ether oxygens (including phenoxy) is 2. The molecule has 19 heavy (non-hydrogen) atoms. The van der Waals surface area contributed by atoms with Gasteiger partial charge in [-0.1, -0.05) is 0 Å². The summed E-state index contributed by atoms with van der Waals surface area (Å²) in [6.07, 6.45) is 0.770. The fraction of sp³-hybridized carbons (Fsp3) is 0.417. The Balaban J connectivity index is 2.04. The Morgan fingerprint density at radius 2 is 2.26 bits per heavy atom. The lowest BCUT2D eigenvalue weighted by Gasteiger charge is -2.13. The first kappa shape index (κ1) is 13.1. The molecule has 0 aliphatic carbocycles. The molecule has 7 nitrogen and oxygen atoms in total. The number of rotatable bonds is 2. The number of likely N-dealkylation sites (tertiary alicyclic amines) is 1. The van der Waals surface area contributed by atoms with E-state index in [-0.39, 0.29) is 12.0 Å². The van der Waals surface area contributed by atoms with E-state index in [9.17, 15) is 14.4 Å². The number of carbonyl (C=O) groups excluding carboxylic acids is 2. The van der Waals surface area contributed by atoms with E-state index >= 15 is 0 Å². The van der Waals surface area contributed by atoms with Crippen molar-refractivity contribution in [2.24, 2.45) is 0 Å². The van der Waals surface area contributed by atoms with Crippen LogP contribution in [0.15, 0.2) is 23.5 Å². The predicted octanol–water partition coefficient (Wildman–Crippen LogP) is 1.01. The fourth-order valence-corrected chi connectivity index (χ4v) is 1.95. The number of amides is 2. The van der Waals surface area contributed by atoms with Crippen LogP contribution in [0.1, 0.15) is 20.3 Å². The van der Waals surface area contributed by atoms with Gasteiger partial charge in [-0.05, 0) is 13.8 Å². The van der Waals surface area contributed by atoms with Crippen LogP contribution in [0.3, 0.4) is 0 Å². The van der Waals surface area contributed by atoms with Gasteiger partial charge in [0.05, 0.1) is 11.8 Å². The Morgan fingerprint density at radius 3 is 2.74 bits per heavy atom. The summed E-state index contributed by atoms with van der Waals surface area (Å²) < 4.78 is 9.98. The smallest absolute Gasteiger partial charge is 0.414 e. The molecule has 1 fully saturated rings. The van der Waals surface area contributed by atoms with Gasteiger partial charge in [0.15, 0.2) is 0 Å². The molecular formula is C12H13NO6. The van der Waals surface area contributed by atoms with E-state index < -0.39 is 30.3 Å². The number of nitrogens with zero attached hydrogens (tertiary/aromatic N) is 1. The third kappa shape index (κ3) is 2.44. The molecule has 102 valence electrons. The summed E-state index contributed by atoms with van der Waals surface area (Å²) in [5, 5.41) is 8.88. The van der Waals surface area contributed by atoms with Crippen LogP contribution in [0, 0.1) is 0 Å². The Labute approximate surface area is 109 Å². The molecule has 0 aromatic heterocycles. The number of imide groups is 1. The summed E-state index contributed by atoms with van der Waals surface area (Å²) in [5.41, 5.74) is 0.672. The summed E-state index contributed by atoms with van der Waals surface area (Å²) >= 11 is 0. The summed E-state index contributed by atoms with van der Waals surface area (Å²) in [4.78, 5) is 34.5. The topological polar surface area (TPSA) is 93.1 Å². The van der Waals surface area contributed by atoms with E-state index in [0.29, 0.717) is 5.57 Å². The van der Waals surface area contributed by atoms with Crippen molar-refractivity contribution in [3.05, 3.63) is 23.5 Å². The van der Waals surface area contributed by atoms with Crippen LogP contribution >= 0.6 is 0 Å². The number of cyclic esters (lactones) is 1. The van der Waals surface area contributed by atoms with Crippen LogP contribution in [0.5, 0.6) is 0 Å². The molecule has 0 saturated carbocycles. The zero-order valence-electron chi connectivity index (χ0n) is 10.5. The Morgan fingerprint density at radius 1 is 1.58 bits per heavy atom.